The van der Waals surface area contributed by atoms with E-state index >= 15 is 0 Å². The number of sulfonamides is 2. The van der Waals surface area contributed by atoms with Gasteiger partial charge in [0, 0.05) is 43.4 Å². The van der Waals surface area contributed by atoms with Crippen LogP contribution in [0.5, 0.6) is 11.5 Å². The predicted octanol–water partition coefficient (Wildman–Crippen LogP) is 5.27. The zero-order valence-corrected chi connectivity index (χ0v) is 31.3. The Morgan fingerprint density at radius 2 is 1.68 bits per heavy atom. The summed E-state index contributed by atoms with van der Waals surface area (Å²) in [5.41, 5.74) is 0.245. The molecule has 0 aliphatic carbocycles. The number of carbonyl (C=O) groups is 1. The molecule has 0 aromatic heterocycles. The summed E-state index contributed by atoms with van der Waals surface area (Å²) in [6.07, 6.45) is 1.19. The number of methoxy groups -OCH3 is 1. The molecule has 4 atom stereocenters. The van der Waals surface area contributed by atoms with Crippen LogP contribution in [0.1, 0.15) is 50.4 Å². The number of nitrogens with one attached hydrogen (secondary N) is 1. The highest BCUT2D eigenvalue weighted by Crippen LogP contribution is 2.30. The molecule has 0 fully saturated rings. The molecule has 274 valence electrons. The molecule has 0 spiro atoms. The van der Waals surface area contributed by atoms with Crippen LogP contribution in [-0.2, 0) is 24.8 Å². The first-order valence-electron chi connectivity index (χ1n) is 16.4. The monoisotopic (exact) mass is 751 g/mol. The summed E-state index contributed by atoms with van der Waals surface area (Å²) in [4.78, 5) is 16.0. The summed E-state index contributed by atoms with van der Waals surface area (Å²) in [5, 5.41) is 10.6. The number of anilines is 1. The van der Waals surface area contributed by atoms with E-state index in [-0.39, 0.29) is 58.5 Å². The molecule has 0 unspecified atom stereocenters. The minimum Gasteiger partial charge on any atom is -0.497 e. The number of halogens is 1. The van der Waals surface area contributed by atoms with Crippen molar-refractivity contribution in [2.45, 2.75) is 68.1 Å². The van der Waals surface area contributed by atoms with Crippen LogP contribution < -0.4 is 14.2 Å². The summed E-state index contributed by atoms with van der Waals surface area (Å²) in [5.74, 6) is -0.0814. The molecule has 1 aliphatic rings. The number of rotatable bonds is 10. The maximum absolute atomic E-state index is 14.4. The van der Waals surface area contributed by atoms with E-state index in [1.165, 1.54) is 71.9 Å². The minimum absolute atomic E-state index is 0.00690. The summed E-state index contributed by atoms with van der Waals surface area (Å²) in [6, 6.07) is 15.7. The summed E-state index contributed by atoms with van der Waals surface area (Å²) >= 11 is 5.94. The SMILES string of the molecule is COc1ccc(S(=O)(=O)N(C)C[C@H]2OCCCC[C@@H](C)Oc3ccc(NS(=O)(=O)c4ccc(Cl)cc4)cc3C(=O)N([C@H](C)CO)C[C@H]2C)cc1. The van der Waals surface area contributed by atoms with Crippen molar-refractivity contribution in [1.82, 2.24) is 9.21 Å². The fourth-order valence-electron chi connectivity index (χ4n) is 5.56. The van der Waals surface area contributed by atoms with Crippen LogP contribution in [0.25, 0.3) is 0 Å². The molecule has 3 aromatic carbocycles. The number of hydrogen-bond donors (Lipinski definition) is 2. The average Bonchev–Trinajstić information content (AvgIpc) is 3.09. The number of benzene rings is 3. The van der Waals surface area contributed by atoms with E-state index in [0.717, 1.165) is 6.42 Å². The number of likely N-dealkylation sites (N-methyl/N-ethyl adjacent to an activating group) is 1. The zero-order chi connectivity index (χ0) is 36.6. The predicted molar refractivity (Wildman–Crippen MR) is 192 cm³/mol. The van der Waals surface area contributed by atoms with Crippen molar-refractivity contribution < 1.29 is 40.9 Å². The number of aliphatic hydroxyl groups excluding tert-OH is 1. The first-order valence-corrected chi connectivity index (χ1v) is 19.7. The van der Waals surface area contributed by atoms with E-state index in [1.807, 2.05) is 13.8 Å². The topological polar surface area (TPSA) is 152 Å². The largest absolute Gasteiger partial charge is 0.497 e. The van der Waals surface area contributed by atoms with Crippen molar-refractivity contribution >= 4 is 43.2 Å². The van der Waals surface area contributed by atoms with E-state index in [4.69, 9.17) is 25.8 Å². The van der Waals surface area contributed by atoms with Gasteiger partial charge in [0.05, 0.1) is 47.3 Å². The van der Waals surface area contributed by atoms with Gasteiger partial charge in [-0.3, -0.25) is 9.52 Å². The highest BCUT2D eigenvalue weighted by Gasteiger charge is 2.32. The quantitative estimate of drug-likeness (QED) is 0.283. The van der Waals surface area contributed by atoms with Gasteiger partial charge in [0.1, 0.15) is 11.5 Å². The summed E-state index contributed by atoms with van der Waals surface area (Å²) in [6.45, 7) is 5.57. The van der Waals surface area contributed by atoms with E-state index in [1.54, 1.807) is 25.1 Å². The number of hydrogen-bond acceptors (Lipinski definition) is 9. The van der Waals surface area contributed by atoms with Gasteiger partial charge in [0.25, 0.3) is 15.9 Å². The lowest BCUT2D eigenvalue weighted by atomic mass is 10.0. The Kier molecular flexibility index (Phi) is 13.6. The molecule has 1 heterocycles. The van der Waals surface area contributed by atoms with Gasteiger partial charge >= 0.3 is 0 Å². The summed E-state index contributed by atoms with van der Waals surface area (Å²) in [7, 11) is -4.92. The third-order valence-electron chi connectivity index (χ3n) is 8.63. The Balaban J connectivity index is 1.66. The second kappa shape index (κ2) is 17.2. The molecular weight excluding hydrogens is 706 g/mol. The number of ether oxygens (including phenoxy) is 3. The van der Waals surface area contributed by atoms with Gasteiger partial charge in [-0.25, -0.2) is 16.8 Å². The van der Waals surface area contributed by atoms with Crippen molar-refractivity contribution in [3.05, 3.63) is 77.3 Å². The third-order valence-corrected chi connectivity index (χ3v) is 12.1. The number of fused-ring (bicyclic) bond motifs is 1. The van der Waals surface area contributed by atoms with E-state index in [9.17, 15) is 26.7 Å². The van der Waals surface area contributed by atoms with Gasteiger partial charge in [0.15, 0.2) is 0 Å². The Morgan fingerprint density at radius 1 is 1.02 bits per heavy atom. The zero-order valence-electron chi connectivity index (χ0n) is 28.9. The first-order chi connectivity index (χ1) is 23.7. The number of amides is 1. The lowest BCUT2D eigenvalue weighted by molar-refractivity contribution is -0.00833. The molecule has 4 rings (SSSR count). The number of carbonyl (C=O) groups excluding carboxylic acids is 1. The van der Waals surface area contributed by atoms with Crippen LogP contribution in [0.3, 0.4) is 0 Å². The molecule has 15 heteroatoms. The molecule has 1 amide bonds. The standard InChI is InChI=1S/C35H46ClN3O9S2/c1-24-21-39(25(2)23-40)35(41)32-20-28(37-49(42,43)30-14-9-27(36)10-15-30)11-18-33(32)48-26(3)8-6-7-19-47-34(24)22-38(4)50(44,45)31-16-12-29(46-5)13-17-31/h9-18,20,24-26,34,37,40H,6-8,19,21-23H2,1-5H3/t24-,25-,26-,34-/m1/s1. The Bertz CT molecular complexity index is 1810. The highest BCUT2D eigenvalue weighted by atomic mass is 35.5. The van der Waals surface area contributed by atoms with Crippen LogP contribution >= 0.6 is 11.6 Å². The average molecular weight is 752 g/mol. The van der Waals surface area contributed by atoms with Gasteiger partial charge in [-0.2, -0.15) is 4.31 Å². The second-order valence-electron chi connectivity index (χ2n) is 12.5. The number of aliphatic hydroxyl groups is 1. The van der Waals surface area contributed by atoms with Gasteiger partial charge < -0.3 is 24.2 Å². The smallest absolute Gasteiger partial charge is 0.261 e. The van der Waals surface area contributed by atoms with Crippen molar-refractivity contribution in [1.29, 1.82) is 0 Å². The highest BCUT2D eigenvalue weighted by molar-refractivity contribution is 7.92. The van der Waals surface area contributed by atoms with Crippen LogP contribution in [-0.4, -0.2) is 95.8 Å². The van der Waals surface area contributed by atoms with Gasteiger partial charge in [-0.1, -0.05) is 18.5 Å². The summed E-state index contributed by atoms with van der Waals surface area (Å²) < 4.78 is 74.9. The number of nitrogens with zero attached hydrogens (tertiary/aromatic N) is 2. The molecule has 50 heavy (non-hydrogen) atoms. The normalized spacial score (nSPS) is 20.4. The lowest BCUT2D eigenvalue weighted by Gasteiger charge is -2.35. The fraction of sp³-hybridized carbons (Fsp3) is 0.457. The third kappa shape index (κ3) is 9.89. The molecule has 0 saturated carbocycles. The second-order valence-corrected chi connectivity index (χ2v) is 16.7. The Labute approximate surface area is 300 Å². The van der Waals surface area contributed by atoms with Gasteiger partial charge in [0.2, 0.25) is 10.0 Å². The first kappa shape index (κ1) is 39.4. The van der Waals surface area contributed by atoms with Crippen LogP contribution in [0.15, 0.2) is 76.5 Å². The maximum atomic E-state index is 14.4. The van der Waals surface area contributed by atoms with Gasteiger partial charge in [-0.15, -0.1) is 0 Å². The molecule has 0 radical (unpaired) electrons. The van der Waals surface area contributed by atoms with E-state index in [2.05, 4.69) is 4.72 Å². The van der Waals surface area contributed by atoms with Crippen LogP contribution in [0, 0.1) is 5.92 Å². The Hall–Kier alpha value is -3.40. The molecule has 0 saturated heterocycles. The van der Waals surface area contributed by atoms with Crippen molar-refractivity contribution in [3.63, 3.8) is 0 Å². The molecule has 12 nitrogen and oxygen atoms in total. The lowest BCUT2D eigenvalue weighted by Crippen LogP contribution is -2.48. The molecule has 2 N–H and O–H groups in total. The van der Waals surface area contributed by atoms with Crippen LogP contribution in [0.4, 0.5) is 5.69 Å². The molecular formula is C35H46ClN3O9S2. The Morgan fingerprint density at radius 3 is 2.32 bits per heavy atom. The molecule has 1 aliphatic heterocycles. The van der Waals surface area contributed by atoms with E-state index < -0.39 is 38.1 Å². The molecule has 3 aromatic rings. The maximum Gasteiger partial charge on any atom is 0.261 e. The fourth-order valence-corrected chi connectivity index (χ4v) is 7.91. The van der Waals surface area contributed by atoms with Crippen molar-refractivity contribution in [3.8, 4) is 11.5 Å². The van der Waals surface area contributed by atoms with E-state index in [0.29, 0.717) is 30.2 Å². The van der Waals surface area contributed by atoms with Gasteiger partial charge in [-0.05, 0) is 99.8 Å². The van der Waals surface area contributed by atoms with Crippen molar-refractivity contribution in [2.24, 2.45) is 5.92 Å². The van der Waals surface area contributed by atoms with Crippen molar-refractivity contribution in [2.75, 3.05) is 45.2 Å². The molecule has 0 bridgehead atoms. The van der Waals surface area contributed by atoms with Crippen LogP contribution in [0.2, 0.25) is 5.02 Å². The minimum atomic E-state index is -4.02.